The zero-order valence-corrected chi connectivity index (χ0v) is 19.0. The van der Waals surface area contributed by atoms with Crippen LogP contribution in [0.4, 0.5) is 0 Å². The van der Waals surface area contributed by atoms with Crippen LogP contribution in [0.15, 0.2) is 60.9 Å². The molecule has 1 aliphatic carbocycles. The predicted molar refractivity (Wildman–Crippen MR) is 123 cm³/mol. The van der Waals surface area contributed by atoms with Gasteiger partial charge in [-0.3, -0.25) is 14.5 Å². The van der Waals surface area contributed by atoms with E-state index in [4.69, 9.17) is 0 Å². The molecule has 0 spiro atoms. The van der Waals surface area contributed by atoms with Crippen molar-refractivity contribution in [3.8, 4) is 0 Å². The molecule has 1 atom stereocenters. The van der Waals surface area contributed by atoms with Crippen molar-refractivity contribution >= 4 is 11.8 Å². The first-order valence-electron chi connectivity index (χ1n) is 11.0. The molecule has 7 heteroatoms. The Hall–Kier alpha value is -2.96. The van der Waals surface area contributed by atoms with Gasteiger partial charge in [-0.2, -0.15) is 5.10 Å². The molecule has 0 saturated heterocycles. The molecule has 2 amide bonds. The van der Waals surface area contributed by atoms with Gasteiger partial charge in [0.1, 0.15) is 25.2 Å². The van der Waals surface area contributed by atoms with E-state index in [-0.39, 0.29) is 24.4 Å². The molecule has 2 rings (SSSR count). The summed E-state index contributed by atoms with van der Waals surface area (Å²) in [4.78, 5) is 32.5. The van der Waals surface area contributed by atoms with E-state index in [0.717, 1.165) is 31.3 Å². The minimum Gasteiger partial charge on any atom is -0.351 e. The van der Waals surface area contributed by atoms with E-state index in [2.05, 4.69) is 28.6 Å². The molecule has 0 aliphatic heterocycles. The Labute approximate surface area is 185 Å². The molecule has 1 unspecified atom stereocenters. The van der Waals surface area contributed by atoms with Gasteiger partial charge in [0, 0.05) is 11.7 Å². The fourth-order valence-electron chi connectivity index (χ4n) is 3.97. The largest absolute Gasteiger partial charge is 0.351 e. The molecule has 1 fully saturated rings. The number of rotatable bonds is 10. The molecule has 0 bridgehead atoms. The number of amides is 2. The van der Waals surface area contributed by atoms with E-state index in [9.17, 15) is 9.59 Å². The van der Waals surface area contributed by atoms with Crippen LogP contribution < -0.4 is 5.32 Å². The number of carbonyl (C=O) groups excluding carboxylic acids is 2. The van der Waals surface area contributed by atoms with E-state index in [0.29, 0.717) is 17.7 Å². The first-order chi connectivity index (χ1) is 14.9. The molecule has 1 aromatic heterocycles. The topological polar surface area (TPSA) is 80.1 Å². The number of hydrogen-bond donors (Lipinski definition) is 1. The zero-order valence-electron chi connectivity index (χ0n) is 19.0. The Morgan fingerprint density at radius 2 is 1.94 bits per heavy atom. The van der Waals surface area contributed by atoms with Crippen molar-refractivity contribution in [3.63, 3.8) is 0 Å². The fourth-order valence-corrected chi connectivity index (χ4v) is 3.97. The summed E-state index contributed by atoms with van der Waals surface area (Å²) >= 11 is 0. The normalized spacial score (nSPS) is 15.6. The van der Waals surface area contributed by atoms with Gasteiger partial charge < -0.3 is 5.32 Å². The van der Waals surface area contributed by atoms with Crippen LogP contribution in [0, 0.1) is 0 Å². The van der Waals surface area contributed by atoms with Gasteiger partial charge >= 0.3 is 0 Å². The molecule has 7 nitrogen and oxygen atoms in total. The highest BCUT2D eigenvalue weighted by Crippen LogP contribution is 2.24. The maximum atomic E-state index is 13.6. The van der Waals surface area contributed by atoms with Crippen molar-refractivity contribution in [2.24, 2.45) is 0 Å². The quantitative estimate of drug-likeness (QED) is 0.576. The molecule has 0 radical (unpaired) electrons. The summed E-state index contributed by atoms with van der Waals surface area (Å²) in [5.41, 5.74) is 2.23. The van der Waals surface area contributed by atoms with E-state index in [1.807, 2.05) is 26.8 Å². The van der Waals surface area contributed by atoms with Crippen molar-refractivity contribution < 1.29 is 9.59 Å². The summed E-state index contributed by atoms with van der Waals surface area (Å²) in [6.07, 6.45) is 14.1. The SMILES string of the molecule is C=CC(=C(C)C)C(C(=O)NC1CCCCC1)N(C(=O)Cn1cncn1)/C(C=C)=C/CC. The van der Waals surface area contributed by atoms with Crippen LogP contribution in [0.1, 0.15) is 59.3 Å². The highest BCUT2D eigenvalue weighted by Gasteiger charge is 2.35. The monoisotopic (exact) mass is 425 g/mol. The van der Waals surface area contributed by atoms with Crippen LogP contribution in [-0.2, 0) is 16.1 Å². The van der Waals surface area contributed by atoms with Gasteiger partial charge in [-0.1, -0.05) is 57.1 Å². The third-order valence-corrected chi connectivity index (χ3v) is 5.48. The first kappa shape index (κ1) is 24.3. The minimum absolute atomic E-state index is 0.0325. The maximum absolute atomic E-state index is 13.6. The lowest BCUT2D eigenvalue weighted by molar-refractivity contribution is -0.137. The lowest BCUT2D eigenvalue weighted by Gasteiger charge is -2.35. The molecule has 1 aromatic rings. The summed E-state index contributed by atoms with van der Waals surface area (Å²) in [5.74, 6) is -0.465. The fraction of sp³-hybridized carbons (Fsp3) is 0.500. The van der Waals surface area contributed by atoms with E-state index < -0.39 is 6.04 Å². The van der Waals surface area contributed by atoms with Crippen LogP contribution in [0.2, 0.25) is 0 Å². The predicted octanol–water partition coefficient (Wildman–Crippen LogP) is 3.93. The summed E-state index contributed by atoms with van der Waals surface area (Å²) in [7, 11) is 0. The molecule has 168 valence electrons. The Morgan fingerprint density at radius 1 is 1.23 bits per heavy atom. The van der Waals surface area contributed by atoms with Gasteiger partial charge in [0.2, 0.25) is 11.8 Å². The average molecular weight is 426 g/mol. The summed E-state index contributed by atoms with van der Waals surface area (Å²) in [6, 6.07) is -0.710. The standard InChI is InChI=1S/C24H35N5O2/c1-6-12-20(7-2)29(22(30)15-28-17-25-16-26-28)23(21(8-3)18(4)5)24(31)27-19-13-10-9-11-14-19/h7-8,12,16-17,19,23H,2-3,6,9-11,13-15H2,1,4-5H3,(H,27,31)/b20-12+. The number of nitrogens with zero attached hydrogens (tertiary/aromatic N) is 4. The third kappa shape index (κ3) is 6.51. The number of nitrogens with one attached hydrogen (secondary N) is 1. The Bertz CT molecular complexity index is 828. The van der Waals surface area contributed by atoms with Crippen molar-refractivity contribution in [2.45, 2.75) is 77.9 Å². The lowest BCUT2D eigenvalue weighted by atomic mass is 9.93. The summed E-state index contributed by atoms with van der Waals surface area (Å²) in [5, 5.41) is 7.24. The second-order valence-electron chi connectivity index (χ2n) is 8.00. The second kappa shape index (κ2) is 12.0. The maximum Gasteiger partial charge on any atom is 0.249 e. The molecule has 31 heavy (non-hydrogen) atoms. The van der Waals surface area contributed by atoms with Crippen molar-refractivity contribution in [1.82, 2.24) is 25.0 Å². The van der Waals surface area contributed by atoms with Gasteiger partial charge in [0.05, 0.1) is 0 Å². The minimum atomic E-state index is -0.837. The van der Waals surface area contributed by atoms with E-state index >= 15 is 0 Å². The molecule has 1 saturated carbocycles. The highest BCUT2D eigenvalue weighted by atomic mass is 16.2. The van der Waals surface area contributed by atoms with Crippen LogP contribution in [0.3, 0.4) is 0 Å². The van der Waals surface area contributed by atoms with E-state index in [1.54, 1.807) is 12.2 Å². The van der Waals surface area contributed by atoms with Crippen molar-refractivity contribution in [3.05, 3.63) is 60.9 Å². The van der Waals surface area contributed by atoms with Gasteiger partial charge in [0.15, 0.2) is 0 Å². The smallest absolute Gasteiger partial charge is 0.249 e. The van der Waals surface area contributed by atoms with Gasteiger partial charge in [-0.25, -0.2) is 9.67 Å². The number of aromatic nitrogens is 3. The average Bonchev–Trinajstić information content (AvgIpc) is 3.26. The van der Waals surface area contributed by atoms with Crippen LogP contribution in [0.25, 0.3) is 0 Å². The Balaban J connectivity index is 2.49. The van der Waals surface area contributed by atoms with Crippen LogP contribution in [-0.4, -0.2) is 43.6 Å². The zero-order chi connectivity index (χ0) is 22.8. The third-order valence-electron chi connectivity index (χ3n) is 5.48. The van der Waals surface area contributed by atoms with Crippen molar-refractivity contribution in [1.29, 1.82) is 0 Å². The highest BCUT2D eigenvalue weighted by molar-refractivity contribution is 5.92. The summed E-state index contributed by atoms with van der Waals surface area (Å²) < 4.78 is 1.45. The molecule has 0 aromatic carbocycles. The molecular formula is C24H35N5O2. The molecule has 1 aliphatic rings. The molecule has 1 N–H and O–H groups in total. The van der Waals surface area contributed by atoms with Crippen LogP contribution in [0.5, 0.6) is 0 Å². The summed E-state index contributed by atoms with van der Waals surface area (Å²) in [6.45, 7) is 13.6. The Morgan fingerprint density at radius 3 is 2.45 bits per heavy atom. The lowest BCUT2D eigenvalue weighted by Crippen LogP contribution is -2.53. The Kier molecular flexibility index (Phi) is 9.43. The van der Waals surface area contributed by atoms with E-state index in [1.165, 1.54) is 28.7 Å². The molecular weight excluding hydrogens is 390 g/mol. The number of allylic oxidation sites excluding steroid dienone is 3. The van der Waals surface area contributed by atoms with Gasteiger partial charge in [-0.15, -0.1) is 0 Å². The van der Waals surface area contributed by atoms with Gasteiger partial charge in [0.25, 0.3) is 0 Å². The second-order valence-corrected chi connectivity index (χ2v) is 8.00. The van der Waals surface area contributed by atoms with Gasteiger partial charge in [-0.05, 0) is 44.8 Å². The van der Waals surface area contributed by atoms with Crippen LogP contribution >= 0.6 is 0 Å². The van der Waals surface area contributed by atoms with Crippen molar-refractivity contribution in [2.75, 3.05) is 0 Å². The molecule has 1 heterocycles. The number of hydrogen-bond acceptors (Lipinski definition) is 4. The first-order valence-corrected chi connectivity index (χ1v) is 11.0. The number of carbonyl (C=O) groups is 2.